The first-order valence-electron chi connectivity index (χ1n) is 4.86. The zero-order chi connectivity index (χ0) is 11.1. The van der Waals surface area contributed by atoms with Crippen molar-refractivity contribution in [2.24, 2.45) is 11.5 Å². The number of nitrogens with two attached hydrogens (primary N) is 2. The monoisotopic (exact) mass is 198 g/mol. The van der Waals surface area contributed by atoms with E-state index >= 15 is 0 Å². The van der Waals surface area contributed by atoms with Crippen molar-refractivity contribution < 1.29 is 9.59 Å². The van der Waals surface area contributed by atoms with Crippen molar-refractivity contribution >= 4 is 11.8 Å². The molecule has 80 valence electrons. The molecule has 0 aliphatic rings. The Morgan fingerprint density at radius 3 is 1.29 bits per heavy atom. The molecule has 0 rings (SSSR count). The molecular weight excluding hydrogens is 180 g/mol. The zero-order valence-electron chi connectivity index (χ0n) is 8.80. The van der Waals surface area contributed by atoms with Gasteiger partial charge in [0.15, 0.2) is 0 Å². The van der Waals surface area contributed by atoms with E-state index in [1.807, 2.05) is 13.8 Å². The first-order valence-corrected chi connectivity index (χ1v) is 4.86. The predicted octanol–water partition coefficient (Wildman–Crippen LogP) is 0.854. The quantitative estimate of drug-likeness (QED) is 0.620. The van der Waals surface area contributed by atoms with Gasteiger partial charge in [0.2, 0.25) is 11.8 Å². The highest BCUT2D eigenvalue weighted by Gasteiger charge is 2.15. The molecule has 0 fully saturated rings. The summed E-state index contributed by atoms with van der Waals surface area (Å²) in [5, 5.41) is 0. The summed E-state index contributed by atoms with van der Waals surface area (Å²) in [6.45, 7) is 3.85. The normalized spacial score (nSPS) is 12.1. The summed E-state index contributed by atoms with van der Waals surface area (Å²) in [6.07, 6.45) is 2.60. The van der Waals surface area contributed by atoms with Gasteiger partial charge in [-0.3, -0.25) is 9.59 Å². The van der Waals surface area contributed by atoms with Crippen LogP contribution in [0.25, 0.3) is 0 Å². The largest absolute Gasteiger partial charge is 0.366 e. The molecule has 0 saturated heterocycles. The van der Waals surface area contributed by atoms with Crippen molar-refractivity contribution in [3.05, 3.63) is 11.1 Å². The van der Waals surface area contributed by atoms with Gasteiger partial charge in [-0.15, -0.1) is 0 Å². The first kappa shape index (κ1) is 12.7. The second-order valence-corrected chi connectivity index (χ2v) is 3.19. The van der Waals surface area contributed by atoms with E-state index < -0.39 is 11.8 Å². The average molecular weight is 198 g/mol. The molecule has 4 heteroatoms. The number of rotatable bonds is 6. The third kappa shape index (κ3) is 3.60. The Labute approximate surface area is 84.3 Å². The van der Waals surface area contributed by atoms with Crippen molar-refractivity contribution in [1.29, 1.82) is 0 Å². The van der Waals surface area contributed by atoms with Crippen LogP contribution in [0.5, 0.6) is 0 Å². The molecule has 0 unspecified atom stereocenters. The minimum absolute atomic E-state index is 0.391. The molecule has 0 aromatic rings. The van der Waals surface area contributed by atoms with Gasteiger partial charge < -0.3 is 11.5 Å². The fourth-order valence-corrected chi connectivity index (χ4v) is 1.35. The Balaban J connectivity index is 5.03. The molecule has 0 radical (unpaired) electrons. The molecule has 0 spiro atoms. The van der Waals surface area contributed by atoms with Crippen LogP contribution in [0.15, 0.2) is 11.1 Å². The molecule has 0 aromatic heterocycles. The zero-order valence-corrected chi connectivity index (χ0v) is 8.80. The van der Waals surface area contributed by atoms with Crippen molar-refractivity contribution in [2.75, 3.05) is 0 Å². The van der Waals surface area contributed by atoms with Crippen LogP contribution in [-0.4, -0.2) is 11.8 Å². The summed E-state index contributed by atoms with van der Waals surface area (Å²) in [5.41, 5.74) is 11.2. The lowest BCUT2D eigenvalue weighted by Gasteiger charge is -2.08. The number of carbonyl (C=O) groups is 2. The maximum absolute atomic E-state index is 11.1. The molecule has 0 saturated carbocycles. The fraction of sp³-hybridized carbons (Fsp3) is 0.600. The van der Waals surface area contributed by atoms with Gasteiger partial charge in [0, 0.05) is 11.1 Å². The van der Waals surface area contributed by atoms with Crippen LogP contribution >= 0.6 is 0 Å². The third-order valence-electron chi connectivity index (χ3n) is 1.96. The Hall–Kier alpha value is -1.32. The van der Waals surface area contributed by atoms with Crippen LogP contribution in [-0.2, 0) is 9.59 Å². The summed E-state index contributed by atoms with van der Waals surface area (Å²) in [7, 11) is 0. The highest BCUT2D eigenvalue weighted by molar-refractivity contribution is 6.03. The van der Waals surface area contributed by atoms with Crippen LogP contribution in [0.4, 0.5) is 0 Å². The number of amides is 2. The lowest BCUT2D eigenvalue weighted by atomic mass is 9.99. The Kier molecular flexibility index (Phi) is 5.60. The van der Waals surface area contributed by atoms with E-state index in [1.54, 1.807) is 0 Å². The lowest BCUT2D eigenvalue weighted by molar-refractivity contribution is -0.117. The second kappa shape index (κ2) is 6.18. The van der Waals surface area contributed by atoms with Gasteiger partial charge >= 0.3 is 0 Å². The molecule has 0 atom stereocenters. The van der Waals surface area contributed by atoms with Crippen molar-refractivity contribution in [3.63, 3.8) is 0 Å². The summed E-state index contributed by atoms with van der Waals surface area (Å²) >= 11 is 0. The van der Waals surface area contributed by atoms with Gasteiger partial charge in [0.25, 0.3) is 0 Å². The van der Waals surface area contributed by atoms with Crippen LogP contribution < -0.4 is 11.5 Å². The smallest absolute Gasteiger partial charge is 0.245 e. The Morgan fingerprint density at radius 2 is 1.14 bits per heavy atom. The standard InChI is InChI=1S/C10H18N2O2/c1-3-5-7(9(11)13)8(6-4-2)10(12)14/h3-6H2,1-2H3,(H2,11,13)(H2,12,14)/b8-7-. The Bertz CT molecular complexity index is 231. The minimum atomic E-state index is -0.533. The third-order valence-corrected chi connectivity index (χ3v) is 1.96. The van der Waals surface area contributed by atoms with Crippen LogP contribution in [0.2, 0.25) is 0 Å². The van der Waals surface area contributed by atoms with Gasteiger partial charge in [-0.25, -0.2) is 0 Å². The minimum Gasteiger partial charge on any atom is -0.366 e. The van der Waals surface area contributed by atoms with E-state index in [9.17, 15) is 9.59 Å². The van der Waals surface area contributed by atoms with E-state index in [4.69, 9.17) is 11.5 Å². The molecule has 0 heterocycles. The fourth-order valence-electron chi connectivity index (χ4n) is 1.35. The number of hydrogen-bond acceptors (Lipinski definition) is 2. The van der Waals surface area contributed by atoms with Gasteiger partial charge in [0.1, 0.15) is 0 Å². The Morgan fingerprint density at radius 1 is 0.857 bits per heavy atom. The van der Waals surface area contributed by atoms with E-state index in [-0.39, 0.29) is 0 Å². The molecule has 0 aliphatic heterocycles. The summed E-state index contributed by atoms with van der Waals surface area (Å²) in [4.78, 5) is 22.1. The maximum Gasteiger partial charge on any atom is 0.245 e. The highest BCUT2D eigenvalue weighted by Crippen LogP contribution is 2.15. The van der Waals surface area contributed by atoms with Gasteiger partial charge in [-0.1, -0.05) is 26.7 Å². The number of hydrogen-bond donors (Lipinski definition) is 2. The SMILES string of the molecule is CCC/C(C(N)=O)=C(\CCC)C(N)=O. The van der Waals surface area contributed by atoms with E-state index in [0.29, 0.717) is 24.0 Å². The first-order chi connectivity index (χ1) is 6.54. The molecule has 0 aliphatic carbocycles. The van der Waals surface area contributed by atoms with Crippen molar-refractivity contribution in [1.82, 2.24) is 0 Å². The lowest BCUT2D eigenvalue weighted by Crippen LogP contribution is -2.23. The van der Waals surface area contributed by atoms with Crippen molar-refractivity contribution in [2.45, 2.75) is 39.5 Å². The highest BCUT2D eigenvalue weighted by atomic mass is 16.2. The van der Waals surface area contributed by atoms with Crippen LogP contribution in [0.1, 0.15) is 39.5 Å². The second-order valence-electron chi connectivity index (χ2n) is 3.19. The van der Waals surface area contributed by atoms with E-state index in [0.717, 1.165) is 12.8 Å². The van der Waals surface area contributed by atoms with Gasteiger partial charge in [0.05, 0.1) is 0 Å². The molecule has 4 nitrogen and oxygen atoms in total. The molecular formula is C10H18N2O2. The maximum atomic E-state index is 11.1. The molecule has 0 aromatic carbocycles. The summed E-state index contributed by atoms with van der Waals surface area (Å²) in [6, 6.07) is 0. The van der Waals surface area contributed by atoms with Gasteiger partial charge in [-0.05, 0) is 12.8 Å². The number of carbonyl (C=O) groups excluding carboxylic acids is 2. The predicted molar refractivity (Wildman–Crippen MR) is 55.2 cm³/mol. The topological polar surface area (TPSA) is 86.2 Å². The van der Waals surface area contributed by atoms with Crippen LogP contribution in [0.3, 0.4) is 0 Å². The molecule has 2 amide bonds. The van der Waals surface area contributed by atoms with Crippen LogP contribution in [0, 0.1) is 0 Å². The summed E-state index contributed by atoms with van der Waals surface area (Å²) < 4.78 is 0. The molecule has 4 N–H and O–H groups in total. The molecule has 14 heavy (non-hydrogen) atoms. The van der Waals surface area contributed by atoms with Crippen molar-refractivity contribution in [3.8, 4) is 0 Å². The molecule has 0 bridgehead atoms. The number of primary amides is 2. The van der Waals surface area contributed by atoms with E-state index in [1.165, 1.54) is 0 Å². The van der Waals surface area contributed by atoms with Gasteiger partial charge in [-0.2, -0.15) is 0 Å². The summed E-state index contributed by atoms with van der Waals surface area (Å²) in [5.74, 6) is -1.07. The van der Waals surface area contributed by atoms with E-state index in [2.05, 4.69) is 0 Å². The average Bonchev–Trinajstić information content (AvgIpc) is 2.10.